The van der Waals surface area contributed by atoms with Gasteiger partial charge in [-0.2, -0.15) is 0 Å². The first kappa shape index (κ1) is 16.0. The minimum atomic E-state index is 0.112. The van der Waals surface area contributed by atoms with E-state index in [-0.39, 0.29) is 5.88 Å². The van der Waals surface area contributed by atoms with Crippen molar-refractivity contribution < 1.29 is 5.11 Å². The monoisotopic (exact) mass is 353 g/mol. The lowest BCUT2D eigenvalue weighted by Crippen LogP contribution is -2.14. The van der Waals surface area contributed by atoms with Crippen LogP contribution in [-0.2, 0) is 0 Å². The number of thioether (sulfide) groups is 1. The maximum Gasteiger partial charge on any atom is 0.200 e. The molecule has 0 bridgehead atoms. The highest BCUT2D eigenvalue weighted by Crippen LogP contribution is 2.35. The molecule has 0 radical (unpaired) electrons. The van der Waals surface area contributed by atoms with E-state index in [1.807, 2.05) is 36.4 Å². The van der Waals surface area contributed by atoms with Gasteiger partial charge in [-0.15, -0.1) is 11.8 Å². The Hall–Kier alpha value is -2.51. The molecule has 0 saturated heterocycles. The van der Waals surface area contributed by atoms with E-state index < -0.39 is 0 Å². The Morgan fingerprint density at radius 1 is 1.04 bits per heavy atom. The second kappa shape index (κ2) is 6.42. The fourth-order valence-corrected chi connectivity index (χ4v) is 3.76. The number of nitrogens with one attached hydrogen (secondary N) is 2. The minimum absolute atomic E-state index is 0.112. The van der Waals surface area contributed by atoms with Crippen molar-refractivity contribution in [2.24, 2.45) is 0 Å². The second-order valence-electron chi connectivity index (χ2n) is 6.15. The van der Waals surface area contributed by atoms with Crippen molar-refractivity contribution in [3.63, 3.8) is 0 Å². The molecule has 7 heteroatoms. The number of hydrogen-bond acceptors (Lipinski definition) is 5. The number of para-hydroxylation sites is 1. The van der Waals surface area contributed by atoms with Gasteiger partial charge in [-0.3, -0.25) is 0 Å². The number of hydrogen-bond donors (Lipinski definition) is 3. The molecule has 0 spiro atoms. The van der Waals surface area contributed by atoms with Gasteiger partial charge in [0.15, 0.2) is 5.65 Å². The Bertz CT molecular complexity index is 1040. The van der Waals surface area contributed by atoms with Crippen molar-refractivity contribution in [3.05, 3.63) is 36.4 Å². The van der Waals surface area contributed by atoms with Gasteiger partial charge >= 0.3 is 0 Å². The van der Waals surface area contributed by atoms with Gasteiger partial charge in [0.2, 0.25) is 5.88 Å². The molecule has 0 saturated carbocycles. The fraction of sp³-hybridized carbons (Fsp3) is 0.222. The van der Waals surface area contributed by atoms with Gasteiger partial charge in [-0.1, -0.05) is 18.2 Å². The predicted octanol–water partition coefficient (Wildman–Crippen LogP) is 3.47. The highest BCUT2D eigenvalue weighted by Gasteiger charge is 2.16. The summed E-state index contributed by atoms with van der Waals surface area (Å²) in [6, 6.07) is 11.8. The van der Waals surface area contributed by atoms with Gasteiger partial charge in [-0.25, -0.2) is 9.97 Å². The Kier molecular flexibility index (Phi) is 4.10. The third-order valence-corrected chi connectivity index (χ3v) is 4.94. The maximum absolute atomic E-state index is 10.3. The number of H-pyrrole nitrogens is 2. The minimum Gasteiger partial charge on any atom is -0.494 e. The Balaban J connectivity index is 1.70. The first-order valence-electron chi connectivity index (χ1n) is 8.06. The summed E-state index contributed by atoms with van der Waals surface area (Å²) < 4.78 is 0. The lowest BCUT2D eigenvalue weighted by Gasteiger charge is -2.07. The number of nitrogens with zero attached hydrogens (tertiary/aromatic N) is 3. The molecule has 0 aliphatic carbocycles. The molecule has 4 rings (SSSR count). The Labute approximate surface area is 149 Å². The highest BCUT2D eigenvalue weighted by atomic mass is 32.2. The number of imidazole rings is 1. The lowest BCUT2D eigenvalue weighted by atomic mass is 10.1. The average Bonchev–Trinajstić information content (AvgIpc) is 3.13. The van der Waals surface area contributed by atoms with E-state index in [0.29, 0.717) is 17.0 Å². The van der Waals surface area contributed by atoms with Crippen LogP contribution >= 0.6 is 11.8 Å². The zero-order valence-corrected chi connectivity index (χ0v) is 14.9. The van der Waals surface area contributed by atoms with Crippen LogP contribution < -0.4 is 0 Å². The number of fused-ring (bicyclic) bond motifs is 2. The largest absolute Gasteiger partial charge is 0.494 e. The van der Waals surface area contributed by atoms with E-state index in [0.717, 1.165) is 33.7 Å². The summed E-state index contributed by atoms with van der Waals surface area (Å²) in [6.45, 7) is 0.999. The van der Waals surface area contributed by atoms with Crippen molar-refractivity contribution in [2.45, 2.75) is 5.03 Å². The number of pyridine rings is 1. The van der Waals surface area contributed by atoms with Crippen LogP contribution in [0, 0.1) is 0 Å². The SMILES string of the molecule is CN(C)CCSc1ccc2[nH]c(-c3c(O)[nH]c4ccccc34)nc2n1. The summed E-state index contributed by atoms with van der Waals surface area (Å²) in [5.41, 5.74) is 3.07. The molecule has 25 heavy (non-hydrogen) atoms. The molecule has 3 aromatic heterocycles. The molecule has 0 fully saturated rings. The van der Waals surface area contributed by atoms with E-state index in [9.17, 15) is 5.11 Å². The van der Waals surface area contributed by atoms with Gasteiger partial charge in [0.25, 0.3) is 0 Å². The number of aromatic amines is 2. The molecule has 128 valence electrons. The molecule has 3 heterocycles. The van der Waals surface area contributed by atoms with E-state index in [2.05, 4.69) is 38.9 Å². The molecule has 0 aliphatic heterocycles. The summed E-state index contributed by atoms with van der Waals surface area (Å²) >= 11 is 1.71. The van der Waals surface area contributed by atoms with Crippen LogP contribution in [0.25, 0.3) is 33.5 Å². The maximum atomic E-state index is 10.3. The molecule has 0 unspecified atom stereocenters. The Morgan fingerprint density at radius 2 is 1.88 bits per heavy atom. The average molecular weight is 353 g/mol. The van der Waals surface area contributed by atoms with E-state index >= 15 is 0 Å². The highest BCUT2D eigenvalue weighted by molar-refractivity contribution is 7.99. The van der Waals surface area contributed by atoms with Crippen molar-refractivity contribution >= 4 is 33.8 Å². The summed E-state index contributed by atoms with van der Waals surface area (Å²) in [6.07, 6.45) is 0. The normalized spacial score (nSPS) is 11.8. The molecule has 1 aromatic carbocycles. The molecule has 6 nitrogen and oxygen atoms in total. The fourth-order valence-electron chi connectivity index (χ4n) is 2.77. The first-order valence-corrected chi connectivity index (χ1v) is 9.05. The third-order valence-electron chi connectivity index (χ3n) is 4.03. The van der Waals surface area contributed by atoms with Crippen LogP contribution in [0.2, 0.25) is 0 Å². The lowest BCUT2D eigenvalue weighted by molar-refractivity contribution is 0.437. The van der Waals surface area contributed by atoms with Crippen molar-refractivity contribution in [2.75, 3.05) is 26.4 Å². The zero-order valence-electron chi connectivity index (χ0n) is 14.1. The number of aromatic hydroxyl groups is 1. The van der Waals surface area contributed by atoms with Gasteiger partial charge in [0.05, 0.1) is 16.1 Å². The molecular formula is C18H19N5OS. The van der Waals surface area contributed by atoms with Crippen LogP contribution in [0.3, 0.4) is 0 Å². The standard InChI is InChI=1S/C18H19N5OS/c1-23(2)9-10-25-14-8-7-13-16(21-14)22-17(19-13)15-11-5-3-4-6-12(11)20-18(15)24/h3-8,20,24H,9-10H2,1-2H3,(H,19,21,22). The summed E-state index contributed by atoms with van der Waals surface area (Å²) in [4.78, 5) is 17.6. The smallest absolute Gasteiger partial charge is 0.200 e. The van der Waals surface area contributed by atoms with Crippen molar-refractivity contribution in [1.82, 2.24) is 24.8 Å². The molecule has 0 atom stereocenters. The summed E-state index contributed by atoms with van der Waals surface area (Å²) in [5.74, 6) is 1.71. The molecule has 3 N–H and O–H groups in total. The number of benzene rings is 1. The zero-order chi connectivity index (χ0) is 17.4. The number of rotatable bonds is 5. The quantitative estimate of drug-likeness (QED) is 0.479. The molecule has 0 aliphatic rings. The van der Waals surface area contributed by atoms with Crippen LogP contribution in [0.15, 0.2) is 41.4 Å². The van der Waals surface area contributed by atoms with Gasteiger partial charge in [0.1, 0.15) is 5.82 Å². The van der Waals surface area contributed by atoms with Crippen LogP contribution in [0.1, 0.15) is 0 Å². The van der Waals surface area contributed by atoms with E-state index in [4.69, 9.17) is 0 Å². The summed E-state index contributed by atoms with van der Waals surface area (Å²) in [5, 5.41) is 12.2. The molecular weight excluding hydrogens is 334 g/mol. The van der Waals surface area contributed by atoms with Crippen molar-refractivity contribution in [3.8, 4) is 17.3 Å². The van der Waals surface area contributed by atoms with E-state index in [1.165, 1.54) is 0 Å². The van der Waals surface area contributed by atoms with Gasteiger partial charge in [-0.05, 0) is 32.3 Å². The van der Waals surface area contributed by atoms with Gasteiger partial charge < -0.3 is 20.0 Å². The molecule has 4 aromatic rings. The first-order chi connectivity index (χ1) is 12.1. The second-order valence-corrected chi connectivity index (χ2v) is 7.27. The third kappa shape index (κ3) is 3.08. The van der Waals surface area contributed by atoms with Gasteiger partial charge in [0, 0.05) is 23.2 Å². The van der Waals surface area contributed by atoms with Crippen LogP contribution in [0.5, 0.6) is 5.88 Å². The molecule has 0 amide bonds. The summed E-state index contributed by atoms with van der Waals surface area (Å²) in [7, 11) is 4.12. The topological polar surface area (TPSA) is 80.8 Å². The van der Waals surface area contributed by atoms with Crippen LogP contribution in [-0.4, -0.2) is 56.3 Å². The number of aromatic nitrogens is 4. The van der Waals surface area contributed by atoms with E-state index in [1.54, 1.807) is 11.8 Å². The Morgan fingerprint density at radius 3 is 2.72 bits per heavy atom. The van der Waals surface area contributed by atoms with Crippen molar-refractivity contribution in [1.29, 1.82) is 0 Å². The van der Waals surface area contributed by atoms with Crippen LogP contribution in [0.4, 0.5) is 0 Å². The predicted molar refractivity (Wildman–Crippen MR) is 102 cm³/mol.